The maximum Gasteiger partial charge on any atom is 0.125 e. The lowest BCUT2D eigenvalue weighted by Crippen LogP contribution is -2.12. The number of nitrogens with two attached hydrogens (primary N) is 2. The molecule has 138 valence electrons. The quantitative estimate of drug-likeness (QED) is 0.346. The van der Waals surface area contributed by atoms with Gasteiger partial charge in [0.2, 0.25) is 0 Å². The zero-order valence-corrected chi connectivity index (χ0v) is 15.1. The summed E-state index contributed by atoms with van der Waals surface area (Å²) in [5.74, 6) is 2.21. The number of unbranched alkanes of at least 4 members (excludes halogenated alkanes) is 2. The number of benzene rings is 2. The molecule has 0 aliphatic heterocycles. The SMILES string of the molecule is CN=C(N)c1ccc(OCCCCCOc2ccc(C(=N)N)cc2)cc1. The third-order valence-corrected chi connectivity index (χ3v) is 3.88. The number of amidine groups is 2. The minimum absolute atomic E-state index is 0.0631. The molecule has 6 nitrogen and oxygen atoms in total. The Hall–Kier alpha value is -3.02. The Labute approximate surface area is 154 Å². The Bertz CT molecular complexity index is 724. The molecule has 5 N–H and O–H groups in total. The van der Waals surface area contributed by atoms with Gasteiger partial charge < -0.3 is 20.9 Å². The second-order valence-electron chi connectivity index (χ2n) is 5.83. The molecule has 2 aromatic rings. The average molecular weight is 354 g/mol. The second kappa shape index (κ2) is 10.1. The fraction of sp³-hybridized carbons (Fsp3) is 0.300. The monoisotopic (exact) mass is 354 g/mol. The molecule has 0 radical (unpaired) electrons. The van der Waals surface area contributed by atoms with E-state index >= 15 is 0 Å². The van der Waals surface area contributed by atoms with Gasteiger partial charge in [-0.1, -0.05) is 0 Å². The largest absolute Gasteiger partial charge is 0.494 e. The molecule has 2 aromatic carbocycles. The minimum atomic E-state index is 0.0631. The molecule has 0 atom stereocenters. The predicted octanol–water partition coefficient (Wildman–Crippen LogP) is 2.93. The molecule has 0 fully saturated rings. The van der Waals surface area contributed by atoms with Crippen LogP contribution in [-0.4, -0.2) is 31.9 Å². The summed E-state index contributed by atoms with van der Waals surface area (Å²) in [4.78, 5) is 3.95. The summed E-state index contributed by atoms with van der Waals surface area (Å²) >= 11 is 0. The summed E-state index contributed by atoms with van der Waals surface area (Å²) < 4.78 is 11.4. The molecule has 0 heterocycles. The van der Waals surface area contributed by atoms with Crippen LogP contribution in [0.3, 0.4) is 0 Å². The van der Waals surface area contributed by atoms with Crippen molar-refractivity contribution in [3.05, 3.63) is 59.7 Å². The number of nitrogen functional groups attached to an aromatic ring is 1. The summed E-state index contributed by atoms with van der Waals surface area (Å²) in [5, 5.41) is 7.35. The highest BCUT2D eigenvalue weighted by Gasteiger charge is 2.00. The fourth-order valence-electron chi connectivity index (χ4n) is 2.34. The first-order valence-corrected chi connectivity index (χ1v) is 8.63. The molecule has 0 amide bonds. The predicted molar refractivity (Wildman–Crippen MR) is 105 cm³/mol. The van der Waals surface area contributed by atoms with E-state index in [9.17, 15) is 0 Å². The molecule has 0 bridgehead atoms. The van der Waals surface area contributed by atoms with E-state index in [0.717, 1.165) is 36.3 Å². The second-order valence-corrected chi connectivity index (χ2v) is 5.83. The van der Waals surface area contributed by atoms with Crippen LogP contribution in [-0.2, 0) is 0 Å². The summed E-state index contributed by atoms with van der Waals surface area (Å²) in [6.45, 7) is 1.33. The van der Waals surface area contributed by atoms with Crippen LogP contribution >= 0.6 is 0 Å². The first-order chi connectivity index (χ1) is 12.6. The summed E-state index contributed by atoms with van der Waals surface area (Å²) in [5.41, 5.74) is 12.8. The van der Waals surface area contributed by atoms with Gasteiger partial charge in [-0.3, -0.25) is 10.4 Å². The first-order valence-electron chi connectivity index (χ1n) is 8.63. The normalized spacial score (nSPS) is 11.2. The highest BCUT2D eigenvalue weighted by molar-refractivity contribution is 5.97. The molecule has 0 aromatic heterocycles. The van der Waals surface area contributed by atoms with Crippen molar-refractivity contribution in [2.45, 2.75) is 19.3 Å². The molecule has 0 unspecified atom stereocenters. The van der Waals surface area contributed by atoms with Crippen LogP contribution in [0.15, 0.2) is 53.5 Å². The number of hydrogen-bond donors (Lipinski definition) is 3. The van der Waals surface area contributed by atoms with Gasteiger partial charge in [-0.15, -0.1) is 0 Å². The van der Waals surface area contributed by atoms with Crippen LogP contribution in [0.1, 0.15) is 30.4 Å². The van der Waals surface area contributed by atoms with Gasteiger partial charge in [0.1, 0.15) is 23.2 Å². The maximum absolute atomic E-state index is 7.35. The van der Waals surface area contributed by atoms with Crippen molar-refractivity contribution in [3.8, 4) is 11.5 Å². The minimum Gasteiger partial charge on any atom is -0.494 e. The zero-order valence-electron chi connectivity index (χ0n) is 15.1. The fourth-order valence-corrected chi connectivity index (χ4v) is 2.34. The molecule has 6 heteroatoms. The van der Waals surface area contributed by atoms with Gasteiger partial charge in [-0.25, -0.2) is 0 Å². The maximum atomic E-state index is 7.35. The number of nitrogens with one attached hydrogen (secondary N) is 1. The molecule has 0 aliphatic rings. The van der Waals surface area contributed by atoms with Crippen molar-refractivity contribution >= 4 is 11.7 Å². The topological polar surface area (TPSA) is 107 Å². The molecule has 0 spiro atoms. The van der Waals surface area contributed by atoms with Crippen LogP contribution in [0.25, 0.3) is 0 Å². The van der Waals surface area contributed by atoms with Gasteiger partial charge >= 0.3 is 0 Å². The van der Waals surface area contributed by atoms with Gasteiger partial charge in [0.25, 0.3) is 0 Å². The van der Waals surface area contributed by atoms with Crippen molar-refractivity contribution < 1.29 is 9.47 Å². The van der Waals surface area contributed by atoms with E-state index in [1.807, 2.05) is 36.4 Å². The van der Waals surface area contributed by atoms with Crippen LogP contribution in [0.2, 0.25) is 0 Å². The molecule has 26 heavy (non-hydrogen) atoms. The van der Waals surface area contributed by atoms with E-state index in [1.165, 1.54) is 0 Å². The third kappa shape index (κ3) is 6.12. The molecule has 2 rings (SSSR count). The van der Waals surface area contributed by atoms with E-state index in [2.05, 4.69) is 4.99 Å². The van der Waals surface area contributed by atoms with Gasteiger partial charge in [0.05, 0.1) is 13.2 Å². The van der Waals surface area contributed by atoms with Gasteiger partial charge in [-0.05, 0) is 67.8 Å². The zero-order chi connectivity index (χ0) is 18.8. The highest BCUT2D eigenvalue weighted by Crippen LogP contribution is 2.14. The Balaban J connectivity index is 1.58. The van der Waals surface area contributed by atoms with E-state index in [-0.39, 0.29) is 5.84 Å². The highest BCUT2D eigenvalue weighted by atomic mass is 16.5. The van der Waals surface area contributed by atoms with Gasteiger partial charge in [0.15, 0.2) is 0 Å². The average Bonchev–Trinajstić information content (AvgIpc) is 2.67. The van der Waals surface area contributed by atoms with Crippen molar-refractivity contribution in [1.29, 1.82) is 5.41 Å². The van der Waals surface area contributed by atoms with E-state index < -0.39 is 0 Å². The third-order valence-electron chi connectivity index (χ3n) is 3.88. The van der Waals surface area contributed by atoms with Crippen LogP contribution in [0.5, 0.6) is 11.5 Å². The standard InChI is InChI=1S/C20H26N4O2/c1-24-20(23)16-7-11-18(12-8-16)26-14-4-2-3-13-25-17-9-5-15(6-10-17)19(21)22/h5-12H,2-4,13-14H2,1H3,(H3,21,22)(H2,23,24). The van der Waals surface area contributed by atoms with Crippen molar-refractivity contribution in [1.82, 2.24) is 0 Å². The Kier molecular flexibility index (Phi) is 7.49. The number of rotatable bonds is 10. The molecule has 0 saturated carbocycles. The Morgan fingerprint density at radius 3 is 1.69 bits per heavy atom. The van der Waals surface area contributed by atoms with Crippen molar-refractivity contribution in [3.63, 3.8) is 0 Å². The number of aliphatic imine (C=N–C) groups is 1. The Morgan fingerprint density at radius 1 is 0.808 bits per heavy atom. The van der Waals surface area contributed by atoms with E-state index in [4.69, 9.17) is 26.4 Å². The molecular formula is C20H26N4O2. The number of hydrogen-bond acceptors (Lipinski definition) is 4. The van der Waals surface area contributed by atoms with Crippen LogP contribution in [0.4, 0.5) is 0 Å². The summed E-state index contributed by atoms with van der Waals surface area (Å²) in [6, 6.07) is 14.9. The number of ether oxygens (including phenoxy) is 2. The smallest absolute Gasteiger partial charge is 0.125 e. The summed E-state index contributed by atoms with van der Waals surface area (Å²) in [6.07, 6.45) is 2.95. The van der Waals surface area contributed by atoms with Crippen LogP contribution < -0.4 is 20.9 Å². The lowest BCUT2D eigenvalue weighted by molar-refractivity contribution is 0.279. The van der Waals surface area contributed by atoms with E-state index in [0.29, 0.717) is 24.6 Å². The van der Waals surface area contributed by atoms with Gasteiger partial charge in [0, 0.05) is 18.2 Å². The van der Waals surface area contributed by atoms with Gasteiger partial charge in [-0.2, -0.15) is 0 Å². The molecule has 0 aliphatic carbocycles. The molecular weight excluding hydrogens is 328 g/mol. The molecule has 0 saturated heterocycles. The van der Waals surface area contributed by atoms with Crippen molar-refractivity contribution in [2.75, 3.05) is 20.3 Å². The van der Waals surface area contributed by atoms with E-state index in [1.54, 1.807) is 19.2 Å². The summed E-state index contributed by atoms with van der Waals surface area (Å²) in [7, 11) is 1.67. The number of nitrogens with zero attached hydrogens (tertiary/aromatic N) is 1. The van der Waals surface area contributed by atoms with Crippen LogP contribution in [0, 0.1) is 5.41 Å². The first kappa shape index (κ1) is 19.3. The van der Waals surface area contributed by atoms with Crippen molar-refractivity contribution in [2.24, 2.45) is 16.5 Å². The lowest BCUT2D eigenvalue weighted by Gasteiger charge is -2.08. The Morgan fingerprint density at radius 2 is 1.27 bits per heavy atom. The lowest BCUT2D eigenvalue weighted by atomic mass is 10.2.